The number of fused-ring (bicyclic) bond motifs is 1. The molecule has 0 unspecified atom stereocenters. The van der Waals surface area contributed by atoms with E-state index in [1.165, 1.54) is 0 Å². The monoisotopic (exact) mass is 269 g/mol. The second-order valence-corrected chi connectivity index (χ2v) is 5.13. The van der Waals surface area contributed by atoms with E-state index in [2.05, 4.69) is 15.5 Å². The van der Waals surface area contributed by atoms with E-state index in [1.807, 2.05) is 24.3 Å². The molecule has 0 atom stereocenters. The third-order valence-electron chi connectivity index (χ3n) is 3.85. The molecule has 102 valence electrons. The summed E-state index contributed by atoms with van der Waals surface area (Å²) in [4.78, 5) is 4.56. The molecular weight excluding hydrogens is 254 g/mol. The number of nitrogens with zero attached hydrogens (tertiary/aromatic N) is 2. The summed E-state index contributed by atoms with van der Waals surface area (Å²) in [6, 6.07) is 7.88. The average Bonchev–Trinajstić information content (AvgIpc) is 3.14. The Hall–Kier alpha value is -2.14. The lowest BCUT2D eigenvalue weighted by molar-refractivity contribution is 0.320. The van der Waals surface area contributed by atoms with Crippen molar-refractivity contribution in [2.45, 2.75) is 18.8 Å². The highest BCUT2D eigenvalue weighted by atomic mass is 16.5. The summed E-state index contributed by atoms with van der Waals surface area (Å²) in [6.45, 7) is 2.02. The molecule has 5 heteroatoms. The highest BCUT2D eigenvalue weighted by Crippen LogP contribution is 2.30. The highest BCUT2D eigenvalue weighted by molar-refractivity contribution is 5.91. The summed E-state index contributed by atoms with van der Waals surface area (Å²) in [6.07, 6.45) is 3.79. The molecule has 5 nitrogen and oxygen atoms in total. The van der Waals surface area contributed by atoms with Crippen LogP contribution in [0.3, 0.4) is 0 Å². The van der Waals surface area contributed by atoms with Gasteiger partial charge in [0.1, 0.15) is 11.8 Å². The fourth-order valence-electron chi connectivity index (χ4n) is 2.73. The maximum Gasteiger partial charge on any atom is 0.230 e. The molecule has 0 bridgehead atoms. The first kappa shape index (κ1) is 11.7. The van der Waals surface area contributed by atoms with Gasteiger partial charge in [0.2, 0.25) is 11.7 Å². The first-order valence-corrected chi connectivity index (χ1v) is 6.93. The topological polar surface area (TPSA) is 64.1 Å². The minimum atomic E-state index is 0.371. The first-order chi connectivity index (χ1) is 9.92. The van der Waals surface area contributed by atoms with E-state index in [4.69, 9.17) is 8.94 Å². The first-order valence-electron chi connectivity index (χ1n) is 6.93. The number of hydrogen-bond donors (Lipinski definition) is 1. The van der Waals surface area contributed by atoms with E-state index in [-0.39, 0.29) is 0 Å². The van der Waals surface area contributed by atoms with Crippen LogP contribution in [-0.4, -0.2) is 23.2 Å². The SMILES string of the molecule is c1ccc2c(-c3noc(C4CCNCC4)n3)coc2c1. The van der Waals surface area contributed by atoms with Crippen molar-refractivity contribution in [1.29, 1.82) is 0 Å². The van der Waals surface area contributed by atoms with Crippen LogP contribution in [0.4, 0.5) is 0 Å². The molecule has 2 aromatic heterocycles. The van der Waals surface area contributed by atoms with Crippen LogP contribution in [0.25, 0.3) is 22.4 Å². The van der Waals surface area contributed by atoms with Crippen molar-refractivity contribution in [2.24, 2.45) is 0 Å². The molecule has 0 amide bonds. The summed E-state index contributed by atoms with van der Waals surface area (Å²) < 4.78 is 11.0. The van der Waals surface area contributed by atoms with Crippen LogP contribution in [-0.2, 0) is 0 Å². The Balaban J connectivity index is 1.70. The van der Waals surface area contributed by atoms with Gasteiger partial charge in [-0.1, -0.05) is 23.4 Å². The minimum Gasteiger partial charge on any atom is -0.464 e. The lowest BCUT2D eigenvalue weighted by atomic mass is 9.98. The molecule has 3 aromatic rings. The van der Waals surface area contributed by atoms with Crippen molar-refractivity contribution in [1.82, 2.24) is 15.5 Å². The van der Waals surface area contributed by atoms with Gasteiger partial charge < -0.3 is 14.3 Å². The van der Waals surface area contributed by atoms with E-state index in [0.717, 1.165) is 48.4 Å². The summed E-state index contributed by atoms with van der Waals surface area (Å²) in [5, 5.41) is 8.47. The van der Waals surface area contributed by atoms with Crippen molar-refractivity contribution in [3.63, 3.8) is 0 Å². The molecule has 4 rings (SSSR count). The van der Waals surface area contributed by atoms with Crippen LogP contribution >= 0.6 is 0 Å². The van der Waals surface area contributed by atoms with Gasteiger partial charge in [0, 0.05) is 11.3 Å². The molecule has 1 aromatic carbocycles. The number of nitrogens with one attached hydrogen (secondary N) is 1. The van der Waals surface area contributed by atoms with Crippen LogP contribution < -0.4 is 5.32 Å². The third-order valence-corrected chi connectivity index (χ3v) is 3.85. The second kappa shape index (κ2) is 4.76. The van der Waals surface area contributed by atoms with Crippen LogP contribution in [0.5, 0.6) is 0 Å². The molecule has 20 heavy (non-hydrogen) atoms. The Morgan fingerprint density at radius 1 is 1.15 bits per heavy atom. The number of furan rings is 1. The van der Waals surface area contributed by atoms with Crippen molar-refractivity contribution in [2.75, 3.05) is 13.1 Å². The molecule has 0 radical (unpaired) electrons. The molecule has 1 saturated heterocycles. The van der Waals surface area contributed by atoms with E-state index >= 15 is 0 Å². The standard InChI is InChI=1S/C15H15N3O2/c1-2-4-13-11(3-1)12(9-19-13)14-17-15(20-18-14)10-5-7-16-8-6-10/h1-4,9-10,16H,5-8H2. The molecule has 0 spiro atoms. The average molecular weight is 269 g/mol. The molecule has 1 aliphatic rings. The molecule has 0 saturated carbocycles. The van der Waals surface area contributed by atoms with E-state index < -0.39 is 0 Å². The highest BCUT2D eigenvalue weighted by Gasteiger charge is 2.22. The smallest absolute Gasteiger partial charge is 0.230 e. The minimum absolute atomic E-state index is 0.371. The van der Waals surface area contributed by atoms with Gasteiger partial charge in [0.05, 0.1) is 5.56 Å². The molecular formula is C15H15N3O2. The van der Waals surface area contributed by atoms with Gasteiger partial charge in [-0.3, -0.25) is 0 Å². The predicted molar refractivity (Wildman–Crippen MR) is 74.4 cm³/mol. The number of benzene rings is 1. The zero-order valence-electron chi connectivity index (χ0n) is 11.0. The summed E-state index contributed by atoms with van der Waals surface area (Å²) in [5.74, 6) is 1.73. The van der Waals surface area contributed by atoms with Gasteiger partial charge in [0.15, 0.2) is 0 Å². The molecule has 1 fully saturated rings. The van der Waals surface area contributed by atoms with E-state index in [1.54, 1.807) is 6.26 Å². The third kappa shape index (κ3) is 1.91. The quantitative estimate of drug-likeness (QED) is 0.775. The summed E-state index contributed by atoms with van der Waals surface area (Å²) >= 11 is 0. The molecule has 3 heterocycles. The van der Waals surface area contributed by atoms with Crippen LogP contribution in [0, 0.1) is 0 Å². The van der Waals surface area contributed by atoms with Gasteiger partial charge in [-0.15, -0.1) is 0 Å². The fourth-order valence-corrected chi connectivity index (χ4v) is 2.73. The Morgan fingerprint density at radius 2 is 2.00 bits per heavy atom. The molecule has 0 aliphatic carbocycles. The van der Waals surface area contributed by atoms with Crippen molar-refractivity contribution < 1.29 is 8.94 Å². The number of para-hydroxylation sites is 1. The van der Waals surface area contributed by atoms with Gasteiger partial charge in [-0.2, -0.15) is 4.98 Å². The van der Waals surface area contributed by atoms with E-state index in [9.17, 15) is 0 Å². The van der Waals surface area contributed by atoms with Crippen molar-refractivity contribution >= 4 is 11.0 Å². The maximum absolute atomic E-state index is 5.53. The van der Waals surface area contributed by atoms with Gasteiger partial charge in [-0.25, -0.2) is 0 Å². The number of aromatic nitrogens is 2. The Morgan fingerprint density at radius 3 is 2.90 bits per heavy atom. The normalized spacial score (nSPS) is 16.8. The summed E-state index contributed by atoms with van der Waals surface area (Å²) in [7, 11) is 0. The fraction of sp³-hybridized carbons (Fsp3) is 0.333. The predicted octanol–water partition coefficient (Wildman–Crippen LogP) is 2.95. The van der Waals surface area contributed by atoms with Crippen molar-refractivity contribution in [3.05, 3.63) is 36.4 Å². The van der Waals surface area contributed by atoms with Crippen molar-refractivity contribution in [3.8, 4) is 11.4 Å². The number of hydrogen-bond acceptors (Lipinski definition) is 5. The number of rotatable bonds is 2. The largest absolute Gasteiger partial charge is 0.464 e. The zero-order chi connectivity index (χ0) is 13.4. The summed E-state index contributed by atoms with van der Waals surface area (Å²) in [5.41, 5.74) is 1.74. The second-order valence-electron chi connectivity index (χ2n) is 5.13. The van der Waals surface area contributed by atoms with Gasteiger partial charge in [-0.05, 0) is 32.0 Å². The Labute approximate surface area is 116 Å². The molecule has 1 aliphatic heterocycles. The molecule has 1 N–H and O–H groups in total. The van der Waals surface area contributed by atoms with Crippen LogP contribution in [0.15, 0.2) is 39.5 Å². The van der Waals surface area contributed by atoms with E-state index in [0.29, 0.717) is 11.7 Å². The van der Waals surface area contributed by atoms with Crippen LogP contribution in [0.1, 0.15) is 24.7 Å². The Bertz CT molecular complexity index is 725. The lowest BCUT2D eigenvalue weighted by Crippen LogP contribution is -2.26. The van der Waals surface area contributed by atoms with Gasteiger partial charge >= 0.3 is 0 Å². The lowest BCUT2D eigenvalue weighted by Gasteiger charge is -2.18. The van der Waals surface area contributed by atoms with Gasteiger partial charge in [0.25, 0.3) is 0 Å². The maximum atomic E-state index is 5.53. The number of piperidine rings is 1. The van der Waals surface area contributed by atoms with Crippen LogP contribution in [0.2, 0.25) is 0 Å². The zero-order valence-corrected chi connectivity index (χ0v) is 11.0. The Kier molecular flexibility index (Phi) is 2.77.